The predicted molar refractivity (Wildman–Crippen MR) is 85.9 cm³/mol. The van der Waals surface area contributed by atoms with Crippen molar-refractivity contribution in [2.24, 2.45) is 0 Å². The highest BCUT2D eigenvalue weighted by Crippen LogP contribution is 2.18. The highest BCUT2D eigenvalue weighted by molar-refractivity contribution is 9.10. The van der Waals surface area contributed by atoms with Crippen LogP contribution in [-0.4, -0.2) is 0 Å². The Morgan fingerprint density at radius 3 is 2.33 bits per heavy atom. The van der Waals surface area contributed by atoms with E-state index in [-0.39, 0.29) is 0 Å². The average molecular weight is 340 g/mol. The Morgan fingerprint density at radius 1 is 1.00 bits per heavy atom. The molecule has 2 aromatic carbocycles. The standard InChI is InChI=1S/C15H12BrClS/c16-14-5-1-12(2-6-14)9-10-18-11-13-3-7-15(17)8-4-13/h1-10H,11H2/b10-9+. The lowest BCUT2D eigenvalue weighted by Gasteiger charge is -1.98. The summed E-state index contributed by atoms with van der Waals surface area (Å²) in [7, 11) is 0. The second-order valence-electron chi connectivity index (χ2n) is 3.79. The summed E-state index contributed by atoms with van der Waals surface area (Å²) in [5, 5.41) is 2.91. The first kappa shape index (κ1) is 13.7. The summed E-state index contributed by atoms with van der Waals surface area (Å²) in [6.45, 7) is 0. The molecular formula is C15H12BrClS. The summed E-state index contributed by atoms with van der Waals surface area (Å²) in [5.74, 6) is 0.962. The van der Waals surface area contributed by atoms with E-state index in [9.17, 15) is 0 Å². The molecule has 0 saturated heterocycles. The molecule has 0 atom stereocenters. The summed E-state index contributed by atoms with van der Waals surface area (Å²) >= 11 is 11.0. The minimum Gasteiger partial charge on any atom is -0.129 e. The fourth-order valence-corrected chi connectivity index (χ4v) is 2.55. The van der Waals surface area contributed by atoms with Crippen LogP contribution in [0.1, 0.15) is 11.1 Å². The van der Waals surface area contributed by atoms with Crippen LogP contribution in [-0.2, 0) is 5.75 Å². The van der Waals surface area contributed by atoms with Gasteiger partial charge in [0.15, 0.2) is 0 Å². The van der Waals surface area contributed by atoms with Gasteiger partial charge < -0.3 is 0 Å². The van der Waals surface area contributed by atoms with Crippen molar-refractivity contribution in [3.63, 3.8) is 0 Å². The molecule has 0 unspecified atom stereocenters. The monoisotopic (exact) mass is 338 g/mol. The van der Waals surface area contributed by atoms with Crippen LogP contribution >= 0.6 is 39.3 Å². The Hall–Kier alpha value is -0.700. The number of hydrogen-bond acceptors (Lipinski definition) is 1. The van der Waals surface area contributed by atoms with Gasteiger partial charge in [0.25, 0.3) is 0 Å². The molecule has 92 valence electrons. The molecule has 0 aromatic heterocycles. The second-order valence-corrected chi connectivity index (χ2v) is 6.04. The van der Waals surface area contributed by atoms with Crippen molar-refractivity contribution < 1.29 is 0 Å². The zero-order chi connectivity index (χ0) is 12.8. The molecule has 2 aromatic rings. The van der Waals surface area contributed by atoms with E-state index in [2.05, 4.69) is 51.7 Å². The van der Waals surface area contributed by atoms with Crippen LogP contribution < -0.4 is 0 Å². The van der Waals surface area contributed by atoms with Crippen LogP contribution in [0.3, 0.4) is 0 Å². The van der Waals surface area contributed by atoms with Crippen molar-refractivity contribution in [3.8, 4) is 0 Å². The maximum absolute atomic E-state index is 5.84. The van der Waals surface area contributed by atoms with Crippen molar-refractivity contribution in [1.29, 1.82) is 0 Å². The maximum atomic E-state index is 5.84. The highest BCUT2D eigenvalue weighted by atomic mass is 79.9. The number of rotatable bonds is 4. The van der Waals surface area contributed by atoms with Crippen LogP contribution in [0.4, 0.5) is 0 Å². The normalized spacial score (nSPS) is 11.0. The molecule has 0 aliphatic rings. The Morgan fingerprint density at radius 2 is 1.67 bits per heavy atom. The Kier molecular flexibility index (Phi) is 5.36. The molecule has 0 fully saturated rings. The van der Waals surface area contributed by atoms with E-state index in [0.29, 0.717) is 0 Å². The van der Waals surface area contributed by atoms with E-state index >= 15 is 0 Å². The fourth-order valence-electron chi connectivity index (χ4n) is 1.43. The number of halogens is 2. The summed E-state index contributed by atoms with van der Waals surface area (Å²) in [4.78, 5) is 0. The van der Waals surface area contributed by atoms with E-state index in [1.165, 1.54) is 11.1 Å². The topological polar surface area (TPSA) is 0 Å². The van der Waals surface area contributed by atoms with Gasteiger partial charge in [-0.2, -0.15) is 0 Å². The van der Waals surface area contributed by atoms with Crippen LogP contribution in [0, 0.1) is 0 Å². The van der Waals surface area contributed by atoms with E-state index in [1.807, 2.05) is 24.3 Å². The third kappa shape index (κ3) is 4.52. The third-order valence-electron chi connectivity index (χ3n) is 2.39. The number of hydrogen-bond donors (Lipinski definition) is 0. The van der Waals surface area contributed by atoms with Gasteiger partial charge in [0, 0.05) is 15.2 Å². The van der Waals surface area contributed by atoms with Crippen molar-refractivity contribution in [3.05, 3.63) is 74.6 Å². The molecule has 0 aliphatic heterocycles. The molecular weight excluding hydrogens is 328 g/mol. The van der Waals surface area contributed by atoms with Crippen LogP contribution in [0.2, 0.25) is 5.02 Å². The SMILES string of the molecule is Clc1ccc(CS/C=C/c2ccc(Br)cc2)cc1. The third-order valence-corrected chi connectivity index (χ3v) is 4.00. The van der Waals surface area contributed by atoms with Gasteiger partial charge in [-0.25, -0.2) is 0 Å². The molecule has 0 bridgehead atoms. The first-order valence-corrected chi connectivity index (χ1v) is 7.74. The predicted octanol–water partition coefficient (Wildman–Crippen LogP) is 6.01. The zero-order valence-electron chi connectivity index (χ0n) is 9.64. The molecule has 0 amide bonds. The largest absolute Gasteiger partial charge is 0.129 e. The molecule has 0 saturated carbocycles. The van der Waals surface area contributed by atoms with Gasteiger partial charge in [-0.05, 0) is 46.9 Å². The minimum atomic E-state index is 0.786. The van der Waals surface area contributed by atoms with Gasteiger partial charge in [-0.1, -0.05) is 51.8 Å². The van der Waals surface area contributed by atoms with Gasteiger partial charge in [-0.3, -0.25) is 0 Å². The second kappa shape index (κ2) is 7.03. The lowest BCUT2D eigenvalue weighted by Crippen LogP contribution is -1.77. The van der Waals surface area contributed by atoms with Crippen molar-refractivity contribution in [1.82, 2.24) is 0 Å². The minimum absolute atomic E-state index is 0.786. The lowest BCUT2D eigenvalue weighted by atomic mass is 10.2. The molecule has 0 nitrogen and oxygen atoms in total. The Labute approximate surface area is 125 Å². The van der Waals surface area contributed by atoms with Gasteiger partial charge in [0.05, 0.1) is 0 Å². The summed E-state index contributed by atoms with van der Waals surface area (Å²) in [5.41, 5.74) is 2.49. The first-order valence-electron chi connectivity index (χ1n) is 5.52. The molecule has 0 heterocycles. The molecule has 0 N–H and O–H groups in total. The molecule has 0 aliphatic carbocycles. The van der Waals surface area contributed by atoms with E-state index < -0.39 is 0 Å². The smallest absolute Gasteiger partial charge is 0.0406 e. The molecule has 3 heteroatoms. The van der Waals surface area contributed by atoms with Gasteiger partial charge in [0.2, 0.25) is 0 Å². The van der Waals surface area contributed by atoms with Crippen molar-refractivity contribution >= 4 is 45.4 Å². The summed E-state index contributed by atoms with van der Waals surface area (Å²) in [6, 6.07) is 16.2. The quantitative estimate of drug-likeness (QED) is 0.657. The van der Waals surface area contributed by atoms with Crippen LogP contribution in [0.25, 0.3) is 6.08 Å². The first-order chi connectivity index (χ1) is 8.74. The van der Waals surface area contributed by atoms with Crippen molar-refractivity contribution in [2.45, 2.75) is 5.75 Å². The molecule has 0 spiro atoms. The summed E-state index contributed by atoms with van der Waals surface area (Å²) < 4.78 is 1.11. The lowest BCUT2D eigenvalue weighted by molar-refractivity contribution is 1.42. The number of thioether (sulfide) groups is 1. The van der Waals surface area contributed by atoms with Crippen LogP contribution in [0.5, 0.6) is 0 Å². The van der Waals surface area contributed by atoms with Gasteiger partial charge >= 0.3 is 0 Å². The average Bonchev–Trinajstić information content (AvgIpc) is 2.39. The molecule has 0 radical (unpaired) electrons. The van der Waals surface area contributed by atoms with E-state index in [1.54, 1.807) is 11.8 Å². The maximum Gasteiger partial charge on any atom is 0.0406 e. The highest BCUT2D eigenvalue weighted by Gasteiger charge is 1.92. The van der Waals surface area contributed by atoms with E-state index in [0.717, 1.165) is 15.2 Å². The summed E-state index contributed by atoms with van der Waals surface area (Å²) in [6.07, 6.45) is 2.12. The molecule has 2 rings (SSSR count). The van der Waals surface area contributed by atoms with Crippen molar-refractivity contribution in [2.75, 3.05) is 0 Å². The fraction of sp³-hybridized carbons (Fsp3) is 0.0667. The Bertz CT molecular complexity index is 517. The zero-order valence-corrected chi connectivity index (χ0v) is 12.8. The number of benzene rings is 2. The molecule has 18 heavy (non-hydrogen) atoms. The van der Waals surface area contributed by atoms with Gasteiger partial charge in [-0.15, -0.1) is 11.8 Å². The van der Waals surface area contributed by atoms with Crippen LogP contribution in [0.15, 0.2) is 58.4 Å². The van der Waals surface area contributed by atoms with E-state index in [4.69, 9.17) is 11.6 Å². The van der Waals surface area contributed by atoms with Gasteiger partial charge in [0.1, 0.15) is 0 Å². The Balaban J connectivity index is 1.84.